The van der Waals surface area contributed by atoms with Crippen LogP contribution in [0.5, 0.6) is 0 Å². The van der Waals surface area contributed by atoms with E-state index in [2.05, 4.69) is 12.7 Å². The summed E-state index contributed by atoms with van der Waals surface area (Å²) in [6, 6.07) is 0. The second-order valence-electron chi connectivity index (χ2n) is 5.14. The van der Waals surface area contributed by atoms with Crippen LogP contribution in [-0.4, -0.2) is 11.3 Å². The maximum atomic E-state index is 3.82. The van der Waals surface area contributed by atoms with Gasteiger partial charge in [-0.05, 0) is 55.8 Å². The van der Waals surface area contributed by atoms with Crippen molar-refractivity contribution in [3.8, 4) is 0 Å². The highest BCUT2D eigenvalue weighted by molar-refractivity contribution is 7.40. The zero-order chi connectivity index (χ0) is 9.86. The van der Waals surface area contributed by atoms with Gasteiger partial charge in [-0.25, -0.2) is 0 Å². The summed E-state index contributed by atoms with van der Waals surface area (Å²) in [6.07, 6.45) is 15.5. The van der Waals surface area contributed by atoms with Crippen LogP contribution in [0.4, 0.5) is 0 Å². The molecule has 0 aromatic rings. The van der Waals surface area contributed by atoms with Crippen LogP contribution in [0.1, 0.15) is 51.4 Å². The highest BCUT2D eigenvalue weighted by atomic mass is 31.1. The van der Waals surface area contributed by atoms with Crippen LogP contribution in [0, 0.1) is 5.92 Å². The molecule has 80 valence electrons. The maximum absolute atomic E-state index is 3.82. The largest absolute Gasteiger partial charge is 0.116 e. The Morgan fingerprint density at radius 1 is 1.43 bits per heavy atom. The molecule has 1 heterocycles. The molecule has 0 amide bonds. The summed E-state index contributed by atoms with van der Waals surface area (Å²) in [6.45, 7) is 3.82. The predicted octanol–water partition coefficient (Wildman–Crippen LogP) is 4.35. The number of unbranched alkanes of at least 4 members (excludes halogenated alkanes) is 1. The fourth-order valence-electron chi connectivity index (χ4n) is 3.33. The fraction of sp³-hybridized carbons (Fsp3) is 0.846. The van der Waals surface area contributed by atoms with E-state index in [4.69, 9.17) is 0 Å². The van der Waals surface area contributed by atoms with Gasteiger partial charge in [-0.1, -0.05) is 18.9 Å². The summed E-state index contributed by atoms with van der Waals surface area (Å²) in [5.74, 6) is 1.11. The molecule has 3 atom stereocenters. The first kappa shape index (κ1) is 10.7. The van der Waals surface area contributed by atoms with Gasteiger partial charge < -0.3 is 0 Å². The van der Waals surface area contributed by atoms with Gasteiger partial charge in [-0.2, -0.15) is 0 Å². The smallest absolute Gasteiger partial charge is 0.0119 e. The Hall–Kier alpha value is 0.170. The van der Waals surface area contributed by atoms with Crippen molar-refractivity contribution in [2.75, 3.05) is 6.16 Å². The van der Waals surface area contributed by atoms with Crippen LogP contribution in [0.3, 0.4) is 0 Å². The molecule has 0 nitrogen and oxygen atoms in total. The topological polar surface area (TPSA) is 0 Å². The van der Waals surface area contributed by atoms with Crippen molar-refractivity contribution in [2.45, 2.75) is 56.5 Å². The SMILES string of the molecule is C=CCCCC12CCCC(CCP1)C2. The second-order valence-corrected chi connectivity index (χ2v) is 7.05. The zero-order valence-corrected chi connectivity index (χ0v) is 10.2. The van der Waals surface area contributed by atoms with Crippen molar-refractivity contribution in [1.29, 1.82) is 0 Å². The first-order valence-corrected chi connectivity index (χ1v) is 7.41. The average Bonchev–Trinajstić information content (AvgIpc) is 2.18. The minimum atomic E-state index is 0.810. The van der Waals surface area contributed by atoms with Gasteiger partial charge >= 0.3 is 0 Å². The third-order valence-corrected chi connectivity index (χ3v) is 6.06. The van der Waals surface area contributed by atoms with Gasteiger partial charge in [0.15, 0.2) is 0 Å². The fourth-order valence-corrected chi connectivity index (χ4v) is 5.56. The standard InChI is InChI=1S/C13H23P/c1-2-3-4-8-13-9-5-6-12(11-13)7-10-14-13/h2,12,14H,1,3-11H2. The van der Waals surface area contributed by atoms with E-state index in [1.54, 1.807) is 25.4 Å². The molecule has 1 aliphatic carbocycles. The summed E-state index contributed by atoms with van der Waals surface area (Å²) in [4.78, 5) is 0. The molecule has 0 aromatic carbocycles. The number of fused-ring (bicyclic) bond motifs is 2. The van der Waals surface area contributed by atoms with Crippen LogP contribution >= 0.6 is 8.58 Å². The maximum Gasteiger partial charge on any atom is -0.0119 e. The van der Waals surface area contributed by atoms with Gasteiger partial charge in [0.05, 0.1) is 0 Å². The molecule has 2 aliphatic rings. The summed E-state index contributed by atoms with van der Waals surface area (Å²) in [5.41, 5.74) is 0. The Morgan fingerprint density at radius 3 is 3.21 bits per heavy atom. The quantitative estimate of drug-likeness (QED) is 0.367. The van der Waals surface area contributed by atoms with E-state index in [1.165, 1.54) is 40.7 Å². The van der Waals surface area contributed by atoms with Crippen molar-refractivity contribution >= 4 is 8.58 Å². The van der Waals surface area contributed by atoms with Crippen LogP contribution in [0.2, 0.25) is 0 Å². The average molecular weight is 210 g/mol. The molecule has 2 bridgehead atoms. The monoisotopic (exact) mass is 210 g/mol. The minimum Gasteiger partial charge on any atom is -0.116 e. The number of rotatable bonds is 4. The molecule has 1 heteroatoms. The lowest BCUT2D eigenvalue weighted by Crippen LogP contribution is -2.35. The lowest BCUT2D eigenvalue weighted by Gasteiger charge is -2.45. The van der Waals surface area contributed by atoms with Crippen LogP contribution in [0.15, 0.2) is 12.7 Å². The highest BCUT2D eigenvalue weighted by Crippen LogP contribution is 2.54. The van der Waals surface area contributed by atoms with E-state index in [1.807, 2.05) is 0 Å². The molecule has 0 spiro atoms. The Balaban J connectivity index is 1.88. The molecule has 1 saturated carbocycles. The Labute approximate surface area is 90.3 Å². The second kappa shape index (κ2) is 4.79. The van der Waals surface area contributed by atoms with E-state index >= 15 is 0 Å². The predicted molar refractivity (Wildman–Crippen MR) is 66.5 cm³/mol. The van der Waals surface area contributed by atoms with Crippen molar-refractivity contribution < 1.29 is 0 Å². The first-order chi connectivity index (χ1) is 6.85. The summed E-state index contributed by atoms with van der Waals surface area (Å²) in [7, 11) is 1.28. The van der Waals surface area contributed by atoms with Crippen molar-refractivity contribution in [1.82, 2.24) is 0 Å². The van der Waals surface area contributed by atoms with Crippen LogP contribution in [-0.2, 0) is 0 Å². The van der Waals surface area contributed by atoms with E-state index < -0.39 is 0 Å². The van der Waals surface area contributed by atoms with Gasteiger partial charge in [0, 0.05) is 0 Å². The zero-order valence-electron chi connectivity index (χ0n) is 9.23. The lowest BCUT2D eigenvalue weighted by atomic mass is 9.77. The van der Waals surface area contributed by atoms with Gasteiger partial charge in [-0.15, -0.1) is 15.2 Å². The summed E-state index contributed by atoms with van der Waals surface area (Å²) < 4.78 is 0. The van der Waals surface area contributed by atoms with Gasteiger partial charge in [-0.3, -0.25) is 0 Å². The van der Waals surface area contributed by atoms with Gasteiger partial charge in [0.1, 0.15) is 0 Å². The molecule has 0 N–H and O–H groups in total. The minimum absolute atomic E-state index is 0.810. The highest BCUT2D eigenvalue weighted by Gasteiger charge is 2.38. The number of hydrogen-bond donors (Lipinski definition) is 0. The molecule has 2 fully saturated rings. The van der Waals surface area contributed by atoms with E-state index in [0.717, 1.165) is 11.1 Å². The Kier molecular flexibility index (Phi) is 3.66. The third kappa shape index (κ3) is 2.40. The van der Waals surface area contributed by atoms with Gasteiger partial charge in [0.2, 0.25) is 0 Å². The summed E-state index contributed by atoms with van der Waals surface area (Å²) >= 11 is 0. The molecule has 1 aliphatic heterocycles. The lowest BCUT2D eigenvalue weighted by molar-refractivity contribution is 0.260. The first-order valence-electron chi connectivity index (χ1n) is 6.21. The molecule has 0 aromatic heterocycles. The third-order valence-electron chi connectivity index (χ3n) is 4.06. The van der Waals surface area contributed by atoms with Crippen LogP contribution in [0.25, 0.3) is 0 Å². The van der Waals surface area contributed by atoms with E-state index in [0.29, 0.717) is 0 Å². The molecule has 3 unspecified atom stereocenters. The number of hydrogen-bond acceptors (Lipinski definition) is 0. The molecular weight excluding hydrogens is 187 g/mol. The Morgan fingerprint density at radius 2 is 2.36 bits per heavy atom. The summed E-state index contributed by atoms with van der Waals surface area (Å²) in [5, 5.41) is 0.810. The molecule has 0 radical (unpaired) electrons. The number of allylic oxidation sites excluding steroid dienone is 1. The van der Waals surface area contributed by atoms with E-state index in [-0.39, 0.29) is 0 Å². The van der Waals surface area contributed by atoms with E-state index in [9.17, 15) is 0 Å². The van der Waals surface area contributed by atoms with Crippen molar-refractivity contribution in [3.63, 3.8) is 0 Å². The normalized spacial score (nSPS) is 38.4. The van der Waals surface area contributed by atoms with Crippen molar-refractivity contribution in [2.24, 2.45) is 5.92 Å². The molecular formula is C13H23P. The Bertz CT molecular complexity index is 187. The molecule has 2 rings (SSSR count). The van der Waals surface area contributed by atoms with Crippen LogP contribution < -0.4 is 0 Å². The molecule has 14 heavy (non-hydrogen) atoms. The molecule has 1 saturated heterocycles. The van der Waals surface area contributed by atoms with Gasteiger partial charge in [0.25, 0.3) is 0 Å². The van der Waals surface area contributed by atoms with Crippen molar-refractivity contribution in [3.05, 3.63) is 12.7 Å².